The number of halogens is 2. The van der Waals surface area contributed by atoms with E-state index in [1.807, 2.05) is 62.4 Å². The van der Waals surface area contributed by atoms with Gasteiger partial charge in [-0.25, -0.2) is 0 Å². The summed E-state index contributed by atoms with van der Waals surface area (Å²) in [7, 11) is 0. The summed E-state index contributed by atoms with van der Waals surface area (Å²) in [6.07, 6.45) is 1.63. The minimum Gasteiger partial charge on any atom is -0.347 e. The lowest BCUT2D eigenvalue weighted by atomic mass is 10.1. The summed E-state index contributed by atoms with van der Waals surface area (Å²) in [5, 5.41) is 12.9. The largest absolute Gasteiger partial charge is 0.347 e. The molecule has 1 N–H and O–H groups in total. The Morgan fingerprint density at radius 3 is 2.45 bits per heavy atom. The fourth-order valence-corrected chi connectivity index (χ4v) is 3.50. The Morgan fingerprint density at radius 2 is 1.83 bits per heavy atom. The van der Waals surface area contributed by atoms with Gasteiger partial charge in [0.15, 0.2) is 0 Å². The molecule has 1 heterocycles. The highest BCUT2D eigenvalue weighted by Gasteiger charge is 2.13. The van der Waals surface area contributed by atoms with Crippen LogP contribution in [-0.2, 0) is 11.3 Å². The maximum atomic E-state index is 12.5. The second kappa shape index (κ2) is 9.13. The summed E-state index contributed by atoms with van der Waals surface area (Å²) in [4.78, 5) is 12.5. The van der Waals surface area contributed by atoms with Crippen LogP contribution >= 0.6 is 27.5 Å². The predicted molar refractivity (Wildman–Crippen MR) is 120 cm³/mol. The summed E-state index contributed by atoms with van der Waals surface area (Å²) >= 11 is 9.32. The van der Waals surface area contributed by atoms with Crippen molar-refractivity contribution >= 4 is 39.5 Å². The van der Waals surface area contributed by atoms with Crippen LogP contribution in [0.2, 0.25) is 5.02 Å². The van der Waals surface area contributed by atoms with Gasteiger partial charge in [-0.05, 0) is 73.5 Å². The predicted octanol–water partition coefficient (Wildman–Crippen LogP) is 5.73. The molecule has 0 unspecified atom stereocenters. The van der Waals surface area contributed by atoms with Crippen LogP contribution in [0.5, 0.6) is 0 Å². The smallest absolute Gasteiger partial charge is 0.262 e. The highest BCUT2D eigenvalue weighted by molar-refractivity contribution is 9.10. The Labute approximate surface area is 183 Å². The number of hydrogen-bond donors (Lipinski definition) is 1. The van der Waals surface area contributed by atoms with Gasteiger partial charge in [0.2, 0.25) is 0 Å². The molecule has 29 heavy (non-hydrogen) atoms. The maximum absolute atomic E-state index is 12.5. The number of amides is 1. The number of rotatable bonds is 5. The molecule has 0 aliphatic rings. The van der Waals surface area contributed by atoms with E-state index in [9.17, 15) is 10.1 Å². The van der Waals surface area contributed by atoms with E-state index >= 15 is 0 Å². The van der Waals surface area contributed by atoms with Crippen LogP contribution in [0, 0.1) is 25.2 Å². The molecule has 0 saturated heterocycles. The topological polar surface area (TPSA) is 57.8 Å². The first-order valence-electron chi connectivity index (χ1n) is 8.98. The minimum absolute atomic E-state index is 0.0648. The zero-order chi connectivity index (χ0) is 21.0. The van der Waals surface area contributed by atoms with Gasteiger partial charge in [-0.15, -0.1) is 0 Å². The van der Waals surface area contributed by atoms with Gasteiger partial charge in [0.25, 0.3) is 5.91 Å². The molecule has 3 rings (SSSR count). The molecule has 0 spiro atoms. The first-order valence-corrected chi connectivity index (χ1v) is 10.2. The molecule has 0 aliphatic carbocycles. The van der Waals surface area contributed by atoms with Gasteiger partial charge >= 0.3 is 0 Å². The molecule has 1 amide bonds. The Balaban J connectivity index is 1.82. The van der Waals surface area contributed by atoms with Crippen molar-refractivity contribution in [2.24, 2.45) is 0 Å². The van der Waals surface area contributed by atoms with Crippen molar-refractivity contribution < 1.29 is 4.79 Å². The van der Waals surface area contributed by atoms with E-state index in [1.54, 1.807) is 18.2 Å². The quantitative estimate of drug-likeness (QED) is 0.384. The van der Waals surface area contributed by atoms with Crippen LogP contribution in [0.25, 0.3) is 11.8 Å². The van der Waals surface area contributed by atoms with Crippen LogP contribution in [-0.4, -0.2) is 10.5 Å². The zero-order valence-corrected chi connectivity index (χ0v) is 18.4. The van der Waals surface area contributed by atoms with Gasteiger partial charge in [-0.2, -0.15) is 5.26 Å². The molecular weight excluding hydrogens is 450 g/mol. The average Bonchev–Trinajstić information content (AvgIpc) is 2.99. The lowest BCUT2D eigenvalue weighted by Crippen LogP contribution is -2.23. The van der Waals surface area contributed by atoms with E-state index in [0.717, 1.165) is 32.7 Å². The van der Waals surface area contributed by atoms with E-state index in [0.29, 0.717) is 11.6 Å². The van der Waals surface area contributed by atoms with Crippen LogP contribution in [0.1, 0.15) is 22.5 Å². The molecule has 0 fully saturated rings. The molecule has 0 radical (unpaired) electrons. The Bertz CT molecular complexity index is 1110. The van der Waals surface area contributed by atoms with E-state index in [4.69, 9.17) is 11.6 Å². The van der Waals surface area contributed by atoms with Crippen LogP contribution in [0.4, 0.5) is 0 Å². The number of aryl methyl sites for hydroxylation is 1. The molecule has 3 aromatic rings. The van der Waals surface area contributed by atoms with Crippen molar-refractivity contribution in [1.29, 1.82) is 5.26 Å². The number of nitrogens with zero attached hydrogens (tertiary/aromatic N) is 2. The second-order valence-corrected chi connectivity index (χ2v) is 7.97. The number of aromatic nitrogens is 1. The first kappa shape index (κ1) is 20.9. The summed E-state index contributed by atoms with van der Waals surface area (Å²) in [5.41, 5.74) is 4.82. The first-order chi connectivity index (χ1) is 13.9. The monoisotopic (exact) mass is 467 g/mol. The third-order valence-corrected chi connectivity index (χ3v) is 5.37. The summed E-state index contributed by atoms with van der Waals surface area (Å²) < 4.78 is 3.10. The number of benzene rings is 2. The van der Waals surface area contributed by atoms with Gasteiger partial charge in [-0.1, -0.05) is 39.7 Å². The second-order valence-electron chi connectivity index (χ2n) is 6.62. The maximum Gasteiger partial charge on any atom is 0.262 e. The number of carbonyl (C=O) groups excluding carboxylic acids is 1. The standard InChI is InChI=1S/C23H19BrClN3O/c1-15-11-18(16(2)28(15)22-9-5-20(24)6-10-22)12-19(13-26)23(29)27-14-17-3-7-21(25)8-4-17/h3-12H,14H2,1-2H3,(H,27,29)/b19-12-. The van der Waals surface area contributed by atoms with Gasteiger partial charge in [0, 0.05) is 33.1 Å². The van der Waals surface area contributed by atoms with Gasteiger partial charge in [0.1, 0.15) is 11.6 Å². The molecule has 1 aromatic heterocycles. The highest BCUT2D eigenvalue weighted by Crippen LogP contribution is 2.24. The normalized spacial score (nSPS) is 11.2. The van der Waals surface area contributed by atoms with E-state index in [1.165, 1.54) is 0 Å². The number of nitriles is 1. The Kier molecular flexibility index (Phi) is 6.58. The summed E-state index contributed by atoms with van der Waals surface area (Å²) in [5.74, 6) is -0.407. The molecule has 4 nitrogen and oxygen atoms in total. The lowest BCUT2D eigenvalue weighted by Gasteiger charge is -2.10. The van der Waals surface area contributed by atoms with E-state index < -0.39 is 5.91 Å². The Morgan fingerprint density at radius 1 is 1.17 bits per heavy atom. The molecular formula is C23H19BrClN3O. The van der Waals surface area contributed by atoms with Gasteiger partial charge < -0.3 is 9.88 Å². The SMILES string of the molecule is Cc1cc(/C=C(/C#N)C(=O)NCc2ccc(Cl)cc2)c(C)n1-c1ccc(Br)cc1. The van der Waals surface area contributed by atoms with Crippen molar-refractivity contribution in [3.8, 4) is 11.8 Å². The van der Waals surface area contributed by atoms with Crippen molar-refractivity contribution in [3.05, 3.63) is 92.2 Å². The molecule has 0 bridgehead atoms. The molecule has 6 heteroatoms. The molecule has 0 aliphatic heterocycles. The lowest BCUT2D eigenvalue weighted by molar-refractivity contribution is -0.117. The number of hydrogen-bond acceptors (Lipinski definition) is 2. The molecule has 146 valence electrons. The molecule has 0 atom stereocenters. The summed E-state index contributed by atoms with van der Waals surface area (Å²) in [6, 6.07) is 19.2. The fraction of sp³-hybridized carbons (Fsp3) is 0.130. The van der Waals surface area contributed by atoms with Crippen molar-refractivity contribution in [2.75, 3.05) is 0 Å². The third-order valence-electron chi connectivity index (χ3n) is 4.59. The molecule has 0 saturated carbocycles. The zero-order valence-electron chi connectivity index (χ0n) is 16.0. The van der Waals surface area contributed by atoms with Crippen molar-refractivity contribution in [1.82, 2.24) is 9.88 Å². The summed E-state index contributed by atoms with van der Waals surface area (Å²) in [6.45, 7) is 4.30. The van der Waals surface area contributed by atoms with E-state index in [2.05, 4.69) is 25.8 Å². The van der Waals surface area contributed by atoms with E-state index in [-0.39, 0.29) is 5.57 Å². The molecule has 2 aromatic carbocycles. The average molecular weight is 469 g/mol. The fourth-order valence-electron chi connectivity index (χ4n) is 3.11. The number of nitrogens with one attached hydrogen (secondary N) is 1. The van der Waals surface area contributed by atoms with Crippen LogP contribution in [0.15, 0.2) is 64.6 Å². The van der Waals surface area contributed by atoms with Gasteiger partial charge in [0.05, 0.1) is 0 Å². The van der Waals surface area contributed by atoms with Crippen LogP contribution in [0.3, 0.4) is 0 Å². The van der Waals surface area contributed by atoms with Crippen molar-refractivity contribution in [3.63, 3.8) is 0 Å². The Hall–Kier alpha value is -2.81. The van der Waals surface area contributed by atoms with Crippen molar-refractivity contribution in [2.45, 2.75) is 20.4 Å². The third kappa shape index (κ3) is 4.97. The highest BCUT2D eigenvalue weighted by atomic mass is 79.9. The van der Waals surface area contributed by atoms with Gasteiger partial charge in [-0.3, -0.25) is 4.79 Å². The van der Waals surface area contributed by atoms with Crippen LogP contribution < -0.4 is 5.32 Å². The minimum atomic E-state index is -0.407. The number of carbonyl (C=O) groups is 1.